The zero-order chi connectivity index (χ0) is 16.3. The summed E-state index contributed by atoms with van der Waals surface area (Å²) in [6.45, 7) is 2.46. The highest BCUT2D eigenvalue weighted by Crippen LogP contribution is 2.24. The minimum absolute atomic E-state index is 0.0119. The van der Waals surface area contributed by atoms with E-state index in [9.17, 15) is 22.8 Å². The van der Waals surface area contributed by atoms with Crippen LogP contribution >= 0.6 is 0 Å². The average Bonchev–Trinajstić information content (AvgIpc) is 3.01. The molecule has 1 saturated heterocycles. The van der Waals surface area contributed by atoms with E-state index in [4.69, 9.17) is 0 Å². The van der Waals surface area contributed by atoms with Crippen LogP contribution in [0.1, 0.15) is 26.2 Å². The molecule has 0 aromatic heterocycles. The Hall–Kier alpha value is -2.05. The molecular formula is C15H17F3N2O2. The van der Waals surface area contributed by atoms with Gasteiger partial charge in [-0.05, 0) is 25.0 Å². The molecule has 1 fully saturated rings. The third-order valence-electron chi connectivity index (χ3n) is 3.69. The lowest BCUT2D eigenvalue weighted by molar-refractivity contribution is -0.129. The number of rotatable bonds is 4. The van der Waals surface area contributed by atoms with Crippen molar-refractivity contribution in [2.45, 2.75) is 26.2 Å². The minimum atomic E-state index is -1.63. The van der Waals surface area contributed by atoms with E-state index in [2.05, 4.69) is 0 Å². The van der Waals surface area contributed by atoms with Crippen LogP contribution in [0.5, 0.6) is 0 Å². The zero-order valence-electron chi connectivity index (χ0n) is 12.2. The maximum Gasteiger partial charge on any atom is 0.224 e. The van der Waals surface area contributed by atoms with Crippen molar-refractivity contribution in [2.24, 2.45) is 0 Å². The van der Waals surface area contributed by atoms with E-state index in [1.54, 1.807) is 4.90 Å². The first-order chi connectivity index (χ1) is 10.4. The van der Waals surface area contributed by atoms with Crippen molar-refractivity contribution in [3.63, 3.8) is 0 Å². The van der Waals surface area contributed by atoms with E-state index in [-0.39, 0.29) is 24.6 Å². The lowest BCUT2D eigenvalue weighted by Crippen LogP contribution is -2.35. The summed E-state index contributed by atoms with van der Waals surface area (Å²) in [4.78, 5) is 26.2. The molecule has 0 unspecified atom stereocenters. The third kappa shape index (κ3) is 3.40. The summed E-state index contributed by atoms with van der Waals surface area (Å²) >= 11 is 0. The summed E-state index contributed by atoms with van der Waals surface area (Å²) in [7, 11) is 0. The maximum atomic E-state index is 13.8. The van der Waals surface area contributed by atoms with Crippen molar-refractivity contribution in [3.05, 3.63) is 29.6 Å². The van der Waals surface area contributed by atoms with Crippen LogP contribution in [0, 0.1) is 17.5 Å². The Bertz CT molecular complexity index is 586. The van der Waals surface area contributed by atoms with E-state index < -0.39 is 23.4 Å². The molecule has 7 heteroatoms. The number of carbonyl (C=O) groups excluding carboxylic acids is 2. The van der Waals surface area contributed by atoms with Crippen LogP contribution in [0.15, 0.2) is 12.1 Å². The highest BCUT2D eigenvalue weighted by molar-refractivity contribution is 5.92. The normalized spacial score (nSPS) is 14.3. The number of anilines is 1. The minimum Gasteiger partial charge on any atom is -0.343 e. The van der Waals surface area contributed by atoms with Gasteiger partial charge in [0.25, 0.3) is 0 Å². The lowest BCUT2D eigenvalue weighted by atomic mass is 10.2. The standard InChI is InChI=1S/C15H17F3N2O2/c1-10(21)20(9-6-13(22)19-7-2-3-8-19)12-5-4-11(16)14(17)15(12)18/h4-5H,2-3,6-9H2,1H3. The summed E-state index contributed by atoms with van der Waals surface area (Å²) < 4.78 is 40.1. The van der Waals surface area contributed by atoms with E-state index in [0.717, 1.165) is 29.9 Å². The molecule has 22 heavy (non-hydrogen) atoms. The van der Waals surface area contributed by atoms with Crippen LogP contribution in [-0.2, 0) is 9.59 Å². The summed E-state index contributed by atoms with van der Waals surface area (Å²) in [6, 6.07) is 1.75. The van der Waals surface area contributed by atoms with Crippen molar-refractivity contribution >= 4 is 17.5 Å². The predicted molar refractivity (Wildman–Crippen MR) is 74.8 cm³/mol. The van der Waals surface area contributed by atoms with Gasteiger partial charge in [0.1, 0.15) is 0 Å². The fourth-order valence-electron chi connectivity index (χ4n) is 2.50. The molecule has 0 bridgehead atoms. The number of benzene rings is 1. The van der Waals surface area contributed by atoms with Gasteiger partial charge in [0.2, 0.25) is 11.8 Å². The lowest BCUT2D eigenvalue weighted by Gasteiger charge is -2.23. The van der Waals surface area contributed by atoms with Crippen LogP contribution in [0.25, 0.3) is 0 Å². The number of carbonyl (C=O) groups is 2. The largest absolute Gasteiger partial charge is 0.343 e. The molecule has 120 valence electrons. The SMILES string of the molecule is CC(=O)N(CCC(=O)N1CCCC1)c1ccc(F)c(F)c1F. The number of amides is 2. The summed E-state index contributed by atoms with van der Waals surface area (Å²) in [5, 5.41) is 0. The Morgan fingerprint density at radius 2 is 1.77 bits per heavy atom. The summed E-state index contributed by atoms with van der Waals surface area (Å²) in [5.41, 5.74) is -0.361. The van der Waals surface area contributed by atoms with E-state index in [1.807, 2.05) is 0 Å². The summed E-state index contributed by atoms with van der Waals surface area (Å²) in [5.74, 6) is -5.05. The fourth-order valence-corrected chi connectivity index (χ4v) is 2.50. The molecule has 1 aromatic carbocycles. The van der Waals surface area contributed by atoms with Gasteiger partial charge in [0.05, 0.1) is 5.69 Å². The van der Waals surface area contributed by atoms with Crippen molar-refractivity contribution in [2.75, 3.05) is 24.5 Å². The molecule has 0 aliphatic carbocycles. The molecule has 0 N–H and O–H groups in total. The average molecular weight is 314 g/mol. The molecule has 2 amide bonds. The molecule has 2 rings (SSSR count). The number of likely N-dealkylation sites (tertiary alicyclic amines) is 1. The quantitative estimate of drug-likeness (QED) is 0.801. The topological polar surface area (TPSA) is 40.6 Å². The molecule has 0 radical (unpaired) electrons. The van der Waals surface area contributed by atoms with Gasteiger partial charge < -0.3 is 9.80 Å². The molecule has 0 atom stereocenters. The second-order valence-electron chi connectivity index (χ2n) is 5.20. The van der Waals surface area contributed by atoms with Crippen LogP contribution in [0.3, 0.4) is 0 Å². The smallest absolute Gasteiger partial charge is 0.224 e. The van der Waals surface area contributed by atoms with Crippen molar-refractivity contribution in [1.82, 2.24) is 4.90 Å². The number of halogens is 3. The molecule has 1 aliphatic rings. The molecular weight excluding hydrogens is 297 g/mol. The van der Waals surface area contributed by atoms with Crippen molar-refractivity contribution in [3.8, 4) is 0 Å². The van der Waals surface area contributed by atoms with Gasteiger partial charge in [-0.3, -0.25) is 9.59 Å². The zero-order valence-corrected chi connectivity index (χ0v) is 12.2. The Balaban J connectivity index is 2.12. The Morgan fingerprint density at radius 1 is 1.14 bits per heavy atom. The van der Waals surface area contributed by atoms with E-state index in [1.165, 1.54) is 6.92 Å². The van der Waals surface area contributed by atoms with Gasteiger partial charge in [-0.25, -0.2) is 13.2 Å². The fraction of sp³-hybridized carbons (Fsp3) is 0.467. The van der Waals surface area contributed by atoms with Crippen molar-refractivity contribution < 1.29 is 22.8 Å². The number of hydrogen-bond acceptors (Lipinski definition) is 2. The number of nitrogens with zero attached hydrogens (tertiary/aromatic N) is 2. The Morgan fingerprint density at radius 3 is 2.36 bits per heavy atom. The van der Waals surface area contributed by atoms with E-state index in [0.29, 0.717) is 13.1 Å². The monoisotopic (exact) mass is 314 g/mol. The first-order valence-corrected chi connectivity index (χ1v) is 7.11. The molecule has 1 heterocycles. The molecule has 1 aliphatic heterocycles. The van der Waals surface area contributed by atoms with Crippen LogP contribution in [0.2, 0.25) is 0 Å². The maximum absolute atomic E-state index is 13.8. The van der Waals surface area contributed by atoms with Gasteiger partial charge in [0, 0.05) is 33.0 Å². The van der Waals surface area contributed by atoms with E-state index >= 15 is 0 Å². The van der Waals surface area contributed by atoms with Gasteiger partial charge in [-0.1, -0.05) is 0 Å². The Labute approximate surface area is 126 Å². The third-order valence-corrected chi connectivity index (χ3v) is 3.69. The molecule has 1 aromatic rings. The van der Waals surface area contributed by atoms with Gasteiger partial charge in [0.15, 0.2) is 17.5 Å². The highest BCUT2D eigenvalue weighted by atomic mass is 19.2. The van der Waals surface area contributed by atoms with Crippen LogP contribution in [-0.4, -0.2) is 36.3 Å². The summed E-state index contributed by atoms with van der Waals surface area (Å²) in [6.07, 6.45) is 1.90. The van der Waals surface area contributed by atoms with Crippen LogP contribution in [0.4, 0.5) is 18.9 Å². The number of hydrogen-bond donors (Lipinski definition) is 0. The second kappa shape index (κ2) is 6.81. The first kappa shape index (κ1) is 16.3. The van der Waals surface area contributed by atoms with Gasteiger partial charge in [-0.2, -0.15) is 0 Å². The molecule has 0 saturated carbocycles. The van der Waals surface area contributed by atoms with Crippen LogP contribution < -0.4 is 4.90 Å². The first-order valence-electron chi connectivity index (χ1n) is 7.11. The van der Waals surface area contributed by atoms with Gasteiger partial charge in [-0.15, -0.1) is 0 Å². The van der Waals surface area contributed by atoms with Gasteiger partial charge >= 0.3 is 0 Å². The van der Waals surface area contributed by atoms with Crippen molar-refractivity contribution in [1.29, 1.82) is 0 Å². The highest BCUT2D eigenvalue weighted by Gasteiger charge is 2.23. The predicted octanol–water partition coefficient (Wildman–Crippen LogP) is 2.47. The molecule has 0 spiro atoms. The molecule has 4 nitrogen and oxygen atoms in total. The Kier molecular flexibility index (Phi) is 5.05. The second-order valence-corrected chi connectivity index (χ2v) is 5.20.